The Morgan fingerprint density at radius 2 is 2.10 bits per heavy atom. The summed E-state index contributed by atoms with van der Waals surface area (Å²) in [6, 6.07) is 11.0. The van der Waals surface area contributed by atoms with Gasteiger partial charge in [0, 0.05) is 9.50 Å². The molecule has 2 aromatic rings. The molecule has 0 unspecified atom stereocenters. The summed E-state index contributed by atoms with van der Waals surface area (Å²) in [5.41, 5.74) is 0.0281. The lowest BCUT2D eigenvalue weighted by Crippen LogP contribution is -2.20. The van der Waals surface area contributed by atoms with Gasteiger partial charge in [-0.3, -0.25) is 4.79 Å². The third-order valence-electron chi connectivity index (χ3n) is 2.37. The van der Waals surface area contributed by atoms with E-state index in [1.54, 1.807) is 18.2 Å². The lowest BCUT2D eigenvalue weighted by Gasteiger charge is -2.08. The zero-order valence-corrected chi connectivity index (χ0v) is 12.5. The highest BCUT2D eigenvalue weighted by Crippen LogP contribution is 2.20. The quantitative estimate of drug-likeness (QED) is 0.887. The van der Waals surface area contributed by atoms with Crippen molar-refractivity contribution < 1.29 is 13.9 Å². The number of carbonyl (C=O) groups is 1. The third kappa shape index (κ3) is 4.21. The molecule has 0 aromatic heterocycles. The first-order valence-corrected chi connectivity index (χ1v) is 6.85. The van der Waals surface area contributed by atoms with E-state index >= 15 is 0 Å². The normalized spacial score (nSPS) is 10.2. The second kappa shape index (κ2) is 6.72. The fourth-order valence-corrected chi connectivity index (χ4v) is 2.04. The first-order valence-electron chi connectivity index (χ1n) is 5.68. The number of ether oxygens (including phenoxy) is 1. The molecule has 20 heavy (non-hydrogen) atoms. The number of hydrogen-bond donors (Lipinski definition) is 1. The van der Waals surface area contributed by atoms with Crippen molar-refractivity contribution in [3.05, 3.63) is 57.8 Å². The number of anilines is 1. The van der Waals surface area contributed by atoms with Gasteiger partial charge in [-0.2, -0.15) is 0 Å². The fourth-order valence-electron chi connectivity index (χ4n) is 1.49. The molecule has 0 saturated carbocycles. The number of nitrogens with one attached hydrogen (secondary N) is 1. The van der Waals surface area contributed by atoms with Crippen LogP contribution in [0.5, 0.6) is 5.75 Å². The number of benzene rings is 2. The van der Waals surface area contributed by atoms with E-state index in [-0.39, 0.29) is 12.3 Å². The van der Waals surface area contributed by atoms with Crippen molar-refractivity contribution in [3.8, 4) is 5.75 Å². The van der Waals surface area contributed by atoms with Crippen molar-refractivity contribution in [2.75, 3.05) is 11.9 Å². The smallest absolute Gasteiger partial charge is 0.262 e. The van der Waals surface area contributed by atoms with Gasteiger partial charge in [0.2, 0.25) is 0 Å². The standard InChI is InChI=1S/C14H10BrClFNO2/c15-9-2-1-3-11(6-9)20-8-14(19)18-13-7-10(16)4-5-12(13)17/h1-7H,8H2,(H,18,19). The molecular formula is C14H10BrClFNO2. The second-order valence-corrected chi connectivity index (χ2v) is 5.27. The molecule has 0 radical (unpaired) electrons. The van der Waals surface area contributed by atoms with Crippen LogP contribution in [-0.4, -0.2) is 12.5 Å². The molecule has 1 amide bonds. The van der Waals surface area contributed by atoms with Gasteiger partial charge in [-0.05, 0) is 36.4 Å². The number of amides is 1. The number of carbonyl (C=O) groups excluding carboxylic acids is 1. The number of hydrogen-bond acceptors (Lipinski definition) is 2. The van der Waals surface area contributed by atoms with Gasteiger partial charge in [-0.25, -0.2) is 4.39 Å². The predicted molar refractivity (Wildman–Crippen MR) is 79.7 cm³/mol. The van der Waals surface area contributed by atoms with Crippen LogP contribution in [-0.2, 0) is 4.79 Å². The minimum Gasteiger partial charge on any atom is -0.484 e. The average Bonchev–Trinajstić information content (AvgIpc) is 2.41. The first-order chi connectivity index (χ1) is 9.54. The summed E-state index contributed by atoms with van der Waals surface area (Å²) in [6.07, 6.45) is 0. The lowest BCUT2D eigenvalue weighted by molar-refractivity contribution is -0.118. The molecule has 0 fully saturated rings. The van der Waals surface area contributed by atoms with Crippen molar-refractivity contribution >= 4 is 39.1 Å². The Bertz CT molecular complexity index is 636. The van der Waals surface area contributed by atoms with Gasteiger partial charge >= 0.3 is 0 Å². The van der Waals surface area contributed by atoms with Gasteiger partial charge in [0.25, 0.3) is 5.91 Å². The second-order valence-electron chi connectivity index (χ2n) is 3.92. The summed E-state index contributed by atoms with van der Waals surface area (Å²) in [5.74, 6) is -0.475. The molecule has 0 bridgehead atoms. The largest absolute Gasteiger partial charge is 0.484 e. The Morgan fingerprint density at radius 1 is 1.30 bits per heavy atom. The molecule has 104 valence electrons. The van der Waals surface area contributed by atoms with Gasteiger partial charge in [0.15, 0.2) is 6.61 Å². The maximum atomic E-state index is 13.4. The Kier molecular flexibility index (Phi) is 4.98. The fraction of sp³-hybridized carbons (Fsp3) is 0.0714. The number of rotatable bonds is 4. The van der Waals surface area contributed by atoms with Crippen LogP contribution in [0.4, 0.5) is 10.1 Å². The van der Waals surface area contributed by atoms with Crippen molar-refractivity contribution in [2.24, 2.45) is 0 Å². The minimum absolute atomic E-state index is 0.0281. The summed E-state index contributed by atoms with van der Waals surface area (Å²) >= 11 is 9.03. The summed E-state index contributed by atoms with van der Waals surface area (Å²) < 4.78 is 19.6. The summed E-state index contributed by atoms with van der Waals surface area (Å²) in [6.45, 7) is -0.220. The maximum absolute atomic E-state index is 13.4. The minimum atomic E-state index is -0.551. The highest BCUT2D eigenvalue weighted by Gasteiger charge is 2.08. The molecule has 0 aliphatic heterocycles. The van der Waals surface area contributed by atoms with E-state index in [1.165, 1.54) is 18.2 Å². The molecule has 0 saturated heterocycles. The molecule has 6 heteroatoms. The van der Waals surface area contributed by atoms with Crippen LogP contribution in [0.15, 0.2) is 46.9 Å². The monoisotopic (exact) mass is 357 g/mol. The Morgan fingerprint density at radius 3 is 2.85 bits per heavy atom. The molecule has 0 aliphatic carbocycles. The third-order valence-corrected chi connectivity index (χ3v) is 3.10. The van der Waals surface area contributed by atoms with E-state index in [4.69, 9.17) is 16.3 Å². The number of halogens is 3. The molecule has 0 atom stereocenters. The van der Waals surface area contributed by atoms with Crippen LogP contribution in [0.1, 0.15) is 0 Å². The van der Waals surface area contributed by atoms with E-state index < -0.39 is 11.7 Å². The zero-order valence-electron chi connectivity index (χ0n) is 10.2. The van der Waals surface area contributed by atoms with Crippen molar-refractivity contribution in [1.82, 2.24) is 0 Å². The van der Waals surface area contributed by atoms with E-state index in [9.17, 15) is 9.18 Å². The molecule has 0 aliphatic rings. The summed E-state index contributed by atoms with van der Waals surface area (Å²) in [4.78, 5) is 11.7. The van der Waals surface area contributed by atoms with Gasteiger partial charge in [-0.15, -0.1) is 0 Å². The summed E-state index contributed by atoms with van der Waals surface area (Å²) in [7, 11) is 0. The van der Waals surface area contributed by atoms with E-state index in [0.717, 1.165) is 4.47 Å². The van der Waals surface area contributed by atoms with Gasteiger partial charge < -0.3 is 10.1 Å². The van der Waals surface area contributed by atoms with Gasteiger partial charge in [-0.1, -0.05) is 33.6 Å². The van der Waals surface area contributed by atoms with Gasteiger partial charge in [0.05, 0.1) is 5.69 Å². The SMILES string of the molecule is O=C(COc1cccc(Br)c1)Nc1cc(Cl)ccc1F. The Labute approximate surface area is 128 Å². The molecular weight excluding hydrogens is 349 g/mol. The van der Waals surface area contributed by atoms with Crippen LogP contribution >= 0.6 is 27.5 Å². The van der Waals surface area contributed by atoms with Crippen LogP contribution in [0.25, 0.3) is 0 Å². The van der Waals surface area contributed by atoms with Crippen LogP contribution in [0.2, 0.25) is 5.02 Å². The Balaban J connectivity index is 1.94. The molecule has 2 aromatic carbocycles. The van der Waals surface area contributed by atoms with E-state index in [2.05, 4.69) is 21.2 Å². The molecule has 0 heterocycles. The van der Waals surface area contributed by atoms with Crippen molar-refractivity contribution in [1.29, 1.82) is 0 Å². The lowest BCUT2D eigenvalue weighted by atomic mass is 10.3. The topological polar surface area (TPSA) is 38.3 Å². The zero-order chi connectivity index (χ0) is 14.5. The predicted octanol–water partition coefficient (Wildman–Crippen LogP) is 4.26. The highest BCUT2D eigenvalue weighted by molar-refractivity contribution is 9.10. The van der Waals surface area contributed by atoms with Gasteiger partial charge in [0.1, 0.15) is 11.6 Å². The average molecular weight is 359 g/mol. The van der Waals surface area contributed by atoms with Crippen LogP contribution < -0.4 is 10.1 Å². The summed E-state index contributed by atoms with van der Waals surface area (Å²) in [5, 5.41) is 2.74. The van der Waals surface area contributed by atoms with Crippen LogP contribution in [0.3, 0.4) is 0 Å². The van der Waals surface area contributed by atoms with Crippen molar-refractivity contribution in [3.63, 3.8) is 0 Å². The first kappa shape index (κ1) is 14.8. The van der Waals surface area contributed by atoms with Crippen LogP contribution in [0, 0.1) is 5.82 Å². The molecule has 0 spiro atoms. The molecule has 1 N–H and O–H groups in total. The Hall–Kier alpha value is -1.59. The van der Waals surface area contributed by atoms with Crippen molar-refractivity contribution in [2.45, 2.75) is 0 Å². The van der Waals surface area contributed by atoms with E-state index in [1.807, 2.05) is 6.07 Å². The maximum Gasteiger partial charge on any atom is 0.262 e. The molecule has 2 rings (SSSR count). The molecule has 3 nitrogen and oxygen atoms in total. The highest BCUT2D eigenvalue weighted by atomic mass is 79.9. The van der Waals surface area contributed by atoms with E-state index in [0.29, 0.717) is 10.8 Å².